The number of hydrogen-bond acceptors (Lipinski definition) is 3. The Hall–Kier alpha value is -1.74. The molecule has 2 aromatic rings. The van der Waals surface area contributed by atoms with Crippen LogP contribution in [0.3, 0.4) is 0 Å². The van der Waals surface area contributed by atoms with Crippen LogP contribution in [0.15, 0.2) is 36.5 Å². The minimum atomic E-state index is 0.385. The Balaban J connectivity index is 1.76. The van der Waals surface area contributed by atoms with Gasteiger partial charge >= 0.3 is 0 Å². The number of nitrogens with zero attached hydrogens (tertiary/aromatic N) is 1. The summed E-state index contributed by atoms with van der Waals surface area (Å²) in [4.78, 5) is 4.10. The fourth-order valence-electron chi connectivity index (χ4n) is 2.70. The van der Waals surface area contributed by atoms with Gasteiger partial charge in [0, 0.05) is 12.2 Å². The van der Waals surface area contributed by atoms with Crippen LogP contribution in [-0.4, -0.2) is 18.1 Å². The number of fused-ring (bicyclic) bond motifs is 1. The summed E-state index contributed by atoms with van der Waals surface area (Å²) in [5, 5.41) is 4.02. The highest BCUT2D eigenvalue weighted by Crippen LogP contribution is 2.28. The van der Waals surface area contributed by atoms with Crippen molar-refractivity contribution < 1.29 is 4.74 Å². The first-order chi connectivity index (χ1) is 9.76. The van der Waals surface area contributed by atoms with E-state index in [0.29, 0.717) is 11.2 Å². The van der Waals surface area contributed by atoms with Gasteiger partial charge < -0.3 is 10.1 Å². The molecular weight excluding hydrogens is 272 g/mol. The molecule has 4 heteroatoms. The lowest BCUT2D eigenvalue weighted by atomic mass is 9.88. The van der Waals surface area contributed by atoms with E-state index >= 15 is 0 Å². The fourth-order valence-corrected chi connectivity index (χ4v) is 2.87. The lowest BCUT2D eigenvalue weighted by molar-refractivity contribution is 0.413. The Kier molecular flexibility index (Phi) is 3.79. The zero-order valence-electron chi connectivity index (χ0n) is 11.4. The standard InChI is InChI=1S/C16H17ClN2O/c1-20-14-7-5-11-4-6-13(9-12(11)10-14)19-15-3-2-8-18-16(15)17/h2-3,5,7-8,10,13,19H,4,6,9H2,1H3. The Morgan fingerprint density at radius 3 is 3.00 bits per heavy atom. The highest BCUT2D eigenvalue weighted by atomic mass is 35.5. The smallest absolute Gasteiger partial charge is 0.152 e. The van der Waals surface area contributed by atoms with Crippen LogP contribution in [0.1, 0.15) is 17.5 Å². The third-order valence-electron chi connectivity index (χ3n) is 3.76. The van der Waals surface area contributed by atoms with E-state index < -0.39 is 0 Å². The third kappa shape index (κ3) is 2.73. The number of anilines is 1. The first-order valence-corrected chi connectivity index (χ1v) is 7.17. The van der Waals surface area contributed by atoms with E-state index in [0.717, 1.165) is 30.7 Å². The van der Waals surface area contributed by atoms with Gasteiger partial charge in [-0.25, -0.2) is 4.98 Å². The molecule has 3 nitrogen and oxygen atoms in total. The Labute approximate surface area is 123 Å². The van der Waals surface area contributed by atoms with Crippen molar-refractivity contribution in [3.63, 3.8) is 0 Å². The number of hydrogen-bond donors (Lipinski definition) is 1. The molecule has 0 spiro atoms. The second kappa shape index (κ2) is 5.71. The minimum Gasteiger partial charge on any atom is -0.497 e. The van der Waals surface area contributed by atoms with Crippen molar-refractivity contribution in [1.82, 2.24) is 4.98 Å². The van der Waals surface area contributed by atoms with Gasteiger partial charge in [-0.3, -0.25) is 0 Å². The molecule has 0 aliphatic heterocycles. The summed E-state index contributed by atoms with van der Waals surface area (Å²) in [6.07, 6.45) is 4.87. The molecule has 1 unspecified atom stereocenters. The van der Waals surface area contributed by atoms with Crippen LogP contribution in [0.4, 0.5) is 5.69 Å². The number of halogens is 1. The topological polar surface area (TPSA) is 34.1 Å². The van der Waals surface area contributed by atoms with E-state index in [4.69, 9.17) is 16.3 Å². The largest absolute Gasteiger partial charge is 0.497 e. The Bertz CT molecular complexity index is 615. The van der Waals surface area contributed by atoms with Crippen molar-refractivity contribution in [2.75, 3.05) is 12.4 Å². The van der Waals surface area contributed by atoms with E-state index in [1.807, 2.05) is 18.2 Å². The molecule has 0 fully saturated rings. The number of aromatic nitrogens is 1. The third-order valence-corrected chi connectivity index (χ3v) is 4.06. The molecule has 3 rings (SSSR count). The lowest BCUT2D eigenvalue weighted by Gasteiger charge is -2.26. The SMILES string of the molecule is COc1ccc2c(c1)CC(Nc1cccnc1Cl)CC2. The maximum atomic E-state index is 6.10. The van der Waals surface area contributed by atoms with Crippen LogP contribution in [0.2, 0.25) is 5.15 Å². The summed E-state index contributed by atoms with van der Waals surface area (Å²) < 4.78 is 5.30. The zero-order chi connectivity index (χ0) is 13.9. The van der Waals surface area contributed by atoms with Gasteiger partial charge in [0.05, 0.1) is 12.8 Å². The second-order valence-electron chi connectivity index (χ2n) is 5.06. The van der Waals surface area contributed by atoms with Gasteiger partial charge in [0.1, 0.15) is 5.75 Å². The maximum absolute atomic E-state index is 6.10. The van der Waals surface area contributed by atoms with Gasteiger partial charge in [0.15, 0.2) is 5.15 Å². The molecule has 0 radical (unpaired) electrons. The molecule has 1 aliphatic carbocycles. The van der Waals surface area contributed by atoms with Gasteiger partial charge in [0.25, 0.3) is 0 Å². The zero-order valence-corrected chi connectivity index (χ0v) is 12.2. The normalized spacial score (nSPS) is 17.4. The highest BCUT2D eigenvalue weighted by Gasteiger charge is 2.19. The predicted molar refractivity (Wildman–Crippen MR) is 81.7 cm³/mol. The summed E-state index contributed by atoms with van der Waals surface area (Å²) in [5.74, 6) is 0.920. The molecule has 0 amide bonds. The second-order valence-corrected chi connectivity index (χ2v) is 5.42. The van der Waals surface area contributed by atoms with Crippen molar-refractivity contribution in [1.29, 1.82) is 0 Å². The van der Waals surface area contributed by atoms with Crippen molar-refractivity contribution >= 4 is 17.3 Å². The summed E-state index contributed by atoms with van der Waals surface area (Å²) in [7, 11) is 1.70. The predicted octanol–water partition coefficient (Wildman–Crippen LogP) is 3.71. The van der Waals surface area contributed by atoms with Crippen molar-refractivity contribution in [3.05, 3.63) is 52.8 Å². The fraction of sp³-hybridized carbons (Fsp3) is 0.312. The molecule has 0 saturated carbocycles. The van der Waals surface area contributed by atoms with Gasteiger partial charge in [0.2, 0.25) is 0 Å². The van der Waals surface area contributed by atoms with Crippen molar-refractivity contribution in [2.45, 2.75) is 25.3 Å². The Morgan fingerprint density at radius 1 is 1.30 bits per heavy atom. The highest BCUT2D eigenvalue weighted by molar-refractivity contribution is 6.31. The average molecular weight is 289 g/mol. The van der Waals surface area contributed by atoms with Crippen LogP contribution >= 0.6 is 11.6 Å². The average Bonchev–Trinajstić information content (AvgIpc) is 2.49. The van der Waals surface area contributed by atoms with Crippen LogP contribution in [0.25, 0.3) is 0 Å². The van der Waals surface area contributed by atoms with Crippen molar-refractivity contribution in [2.24, 2.45) is 0 Å². The molecule has 1 aliphatic rings. The van der Waals surface area contributed by atoms with Crippen LogP contribution in [0.5, 0.6) is 5.75 Å². The van der Waals surface area contributed by atoms with E-state index in [9.17, 15) is 0 Å². The molecule has 20 heavy (non-hydrogen) atoms. The number of aryl methyl sites for hydroxylation is 1. The van der Waals surface area contributed by atoms with Crippen molar-refractivity contribution in [3.8, 4) is 5.75 Å². The summed E-state index contributed by atoms with van der Waals surface area (Å²) in [5.41, 5.74) is 3.68. The van der Waals surface area contributed by atoms with Crippen LogP contribution < -0.4 is 10.1 Å². The van der Waals surface area contributed by atoms with E-state index in [1.54, 1.807) is 13.3 Å². The monoisotopic (exact) mass is 288 g/mol. The number of benzene rings is 1. The summed E-state index contributed by atoms with van der Waals surface area (Å²) >= 11 is 6.10. The van der Waals surface area contributed by atoms with Crippen LogP contribution in [-0.2, 0) is 12.8 Å². The van der Waals surface area contributed by atoms with Gasteiger partial charge in [-0.1, -0.05) is 17.7 Å². The van der Waals surface area contributed by atoms with E-state index in [1.165, 1.54) is 11.1 Å². The first-order valence-electron chi connectivity index (χ1n) is 6.79. The lowest BCUT2D eigenvalue weighted by Crippen LogP contribution is -2.27. The maximum Gasteiger partial charge on any atom is 0.152 e. The molecule has 104 valence electrons. The molecule has 1 aromatic heterocycles. The molecule has 1 heterocycles. The van der Waals surface area contributed by atoms with E-state index in [-0.39, 0.29) is 0 Å². The number of nitrogens with one attached hydrogen (secondary N) is 1. The minimum absolute atomic E-state index is 0.385. The number of ether oxygens (including phenoxy) is 1. The molecule has 0 saturated heterocycles. The molecule has 1 N–H and O–H groups in total. The van der Waals surface area contributed by atoms with Gasteiger partial charge in [-0.2, -0.15) is 0 Å². The quantitative estimate of drug-likeness (QED) is 0.874. The molecule has 1 atom stereocenters. The van der Waals surface area contributed by atoms with Gasteiger partial charge in [-0.05, 0) is 54.7 Å². The van der Waals surface area contributed by atoms with Gasteiger partial charge in [-0.15, -0.1) is 0 Å². The first kappa shape index (κ1) is 13.3. The molecular formula is C16H17ClN2O. The summed E-state index contributed by atoms with van der Waals surface area (Å²) in [6.45, 7) is 0. The number of pyridine rings is 1. The molecule has 0 bridgehead atoms. The summed E-state index contributed by atoms with van der Waals surface area (Å²) in [6, 6.07) is 10.6. The number of rotatable bonds is 3. The van der Waals surface area contributed by atoms with E-state index in [2.05, 4.69) is 22.4 Å². The number of methoxy groups -OCH3 is 1. The molecule has 1 aromatic carbocycles. The van der Waals surface area contributed by atoms with Crippen LogP contribution in [0, 0.1) is 0 Å². The Morgan fingerprint density at radius 2 is 2.20 bits per heavy atom.